The molecule has 0 spiro atoms. The van der Waals surface area contributed by atoms with E-state index in [0.717, 1.165) is 95.3 Å². The smallest absolute Gasteiger partial charge is 0.189 e. The van der Waals surface area contributed by atoms with Gasteiger partial charge in [0.1, 0.15) is 23.5 Å². The number of morpholine rings is 1. The molecule has 4 aromatic heterocycles. The van der Waals surface area contributed by atoms with Crippen molar-refractivity contribution in [3.05, 3.63) is 78.1 Å². The number of nitriles is 1. The molecule has 1 aliphatic rings. The third-order valence-corrected chi connectivity index (χ3v) is 7.98. The number of aromatic nitrogens is 5. The van der Waals surface area contributed by atoms with Crippen LogP contribution < -0.4 is 10.6 Å². The highest BCUT2D eigenvalue weighted by Gasteiger charge is 2.12. The molecule has 5 heterocycles. The maximum Gasteiger partial charge on any atom is 0.189 e. The van der Waals surface area contributed by atoms with Crippen molar-refractivity contribution in [2.75, 3.05) is 50.0 Å². The summed E-state index contributed by atoms with van der Waals surface area (Å²) in [7, 11) is 0. The Morgan fingerprint density at radius 1 is 1.05 bits per heavy atom. The number of fused-ring (bicyclic) bond motifs is 1. The summed E-state index contributed by atoms with van der Waals surface area (Å²) in [5.41, 5.74) is 4.46. The molecule has 208 valence electrons. The van der Waals surface area contributed by atoms with Crippen LogP contribution in [-0.2, 0) is 11.3 Å². The number of aryl methyl sites for hydroxylation is 1. The van der Waals surface area contributed by atoms with Crippen molar-refractivity contribution < 1.29 is 4.74 Å². The molecule has 1 saturated heterocycles. The first-order valence-corrected chi connectivity index (χ1v) is 14.5. The molecule has 0 amide bonds. The molecule has 2 N–H and O–H groups in total. The molecule has 10 nitrogen and oxygen atoms in total. The highest BCUT2D eigenvalue weighted by atomic mass is 32.1. The zero-order chi connectivity index (χ0) is 28.0. The van der Waals surface area contributed by atoms with E-state index < -0.39 is 0 Å². The van der Waals surface area contributed by atoms with Gasteiger partial charge in [0.05, 0.1) is 29.0 Å². The Kier molecular flexibility index (Phi) is 8.13. The van der Waals surface area contributed by atoms with Gasteiger partial charge >= 0.3 is 0 Å². The lowest BCUT2D eigenvalue weighted by molar-refractivity contribution is 0.0378. The van der Waals surface area contributed by atoms with Gasteiger partial charge in [0.2, 0.25) is 0 Å². The number of hydrogen-bond donors (Lipinski definition) is 2. The van der Waals surface area contributed by atoms with Crippen LogP contribution in [0.1, 0.15) is 23.4 Å². The van der Waals surface area contributed by atoms with E-state index >= 15 is 0 Å². The highest BCUT2D eigenvalue weighted by Crippen LogP contribution is 2.32. The van der Waals surface area contributed by atoms with E-state index in [1.165, 1.54) is 0 Å². The lowest BCUT2D eigenvalue weighted by Gasteiger charge is -2.26. The van der Waals surface area contributed by atoms with Gasteiger partial charge in [-0.15, -0.1) is 0 Å². The van der Waals surface area contributed by atoms with E-state index in [0.29, 0.717) is 12.1 Å². The molecule has 0 atom stereocenters. The van der Waals surface area contributed by atoms with Crippen molar-refractivity contribution in [3.63, 3.8) is 0 Å². The van der Waals surface area contributed by atoms with Gasteiger partial charge in [0.15, 0.2) is 5.13 Å². The second-order valence-corrected chi connectivity index (χ2v) is 11.0. The summed E-state index contributed by atoms with van der Waals surface area (Å²) in [6.45, 7) is 8.22. The van der Waals surface area contributed by atoms with E-state index in [2.05, 4.69) is 54.3 Å². The summed E-state index contributed by atoms with van der Waals surface area (Å²) < 4.78 is 8.62. The van der Waals surface area contributed by atoms with Gasteiger partial charge in [-0.1, -0.05) is 17.4 Å². The number of pyridine rings is 2. The average molecular weight is 566 g/mol. The Labute approximate surface area is 242 Å². The molecular weight excluding hydrogens is 534 g/mol. The van der Waals surface area contributed by atoms with Gasteiger partial charge in [0, 0.05) is 56.5 Å². The normalized spacial score (nSPS) is 13.8. The summed E-state index contributed by atoms with van der Waals surface area (Å²) in [4.78, 5) is 20.7. The Bertz CT molecular complexity index is 1680. The number of anilines is 3. The fourth-order valence-corrected chi connectivity index (χ4v) is 5.78. The Hall–Kier alpha value is -4.37. The molecular formula is C30H31N9OS. The van der Waals surface area contributed by atoms with E-state index in [1.54, 1.807) is 23.7 Å². The minimum atomic E-state index is 0.539. The number of thiazole rings is 1. The Morgan fingerprint density at radius 3 is 2.76 bits per heavy atom. The van der Waals surface area contributed by atoms with Crippen molar-refractivity contribution in [1.29, 1.82) is 5.26 Å². The van der Waals surface area contributed by atoms with Gasteiger partial charge in [-0.05, 0) is 61.3 Å². The lowest BCUT2D eigenvalue weighted by Crippen LogP contribution is -2.37. The van der Waals surface area contributed by atoms with Crippen molar-refractivity contribution in [2.24, 2.45) is 0 Å². The predicted octanol–water partition coefficient (Wildman–Crippen LogP) is 5.06. The molecule has 0 aliphatic carbocycles. The number of imidazole rings is 1. The fourth-order valence-electron chi connectivity index (χ4n) is 4.87. The van der Waals surface area contributed by atoms with E-state index in [4.69, 9.17) is 14.7 Å². The van der Waals surface area contributed by atoms with E-state index in [1.807, 2.05) is 37.5 Å². The number of nitrogens with zero attached hydrogens (tertiary/aromatic N) is 7. The molecule has 0 unspecified atom stereocenters. The van der Waals surface area contributed by atoms with Crippen molar-refractivity contribution >= 4 is 38.3 Å². The van der Waals surface area contributed by atoms with E-state index in [9.17, 15) is 5.26 Å². The molecule has 1 fully saturated rings. The first kappa shape index (κ1) is 26.8. The van der Waals surface area contributed by atoms with Crippen LogP contribution in [-0.4, -0.2) is 68.8 Å². The van der Waals surface area contributed by atoms with Crippen LogP contribution in [0.4, 0.5) is 16.8 Å². The van der Waals surface area contributed by atoms with Gasteiger partial charge in [0.25, 0.3) is 0 Å². The molecule has 41 heavy (non-hydrogen) atoms. The monoisotopic (exact) mass is 565 g/mol. The Balaban J connectivity index is 1.20. The zero-order valence-corrected chi connectivity index (χ0v) is 23.7. The summed E-state index contributed by atoms with van der Waals surface area (Å²) in [6.07, 6.45) is 8.18. The zero-order valence-electron chi connectivity index (χ0n) is 22.9. The van der Waals surface area contributed by atoms with Crippen LogP contribution in [0.3, 0.4) is 0 Å². The first-order chi connectivity index (χ1) is 20.1. The van der Waals surface area contributed by atoms with Crippen LogP contribution in [0.5, 0.6) is 0 Å². The summed E-state index contributed by atoms with van der Waals surface area (Å²) >= 11 is 1.57. The molecule has 6 rings (SSSR count). The van der Waals surface area contributed by atoms with E-state index in [-0.39, 0.29) is 0 Å². The van der Waals surface area contributed by atoms with Crippen molar-refractivity contribution in [2.45, 2.75) is 19.9 Å². The lowest BCUT2D eigenvalue weighted by atomic mass is 10.1. The number of rotatable bonds is 10. The number of benzene rings is 1. The van der Waals surface area contributed by atoms with Gasteiger partial charge in [-0.25, -0.2) is 15.0 Å². The van der Waals surface area contributed by atoms with Crippen LogP contribution in [0.15, 0.2) is 61.2 Å². The maximum absolute atomic E-state index is 9.24. The summed E-state index contributed by atoms with van der Waals surface area (Å²) in [5, 5.41) is 17.0. The van der Waals surface area contributed by atoms with Crippen LogP contribution in [0.25, 0.3) is 21.3 Å². The quantitative estimate of drug-likeness (QED) is 0.224. The molecule has 0 radical (unpaired) electrons. The molecule has 11 heteroatoms. The third kappa shape index (κ3) is 6.69. The second kappa shape index (κ2) is 12.4. The first-order valence-electron chi connectivity index (χ1n) is 13.7. The molecule has 0 saturated carbocycles. The van der Waals surface area contributed by atoms with Gasteiger partial charge in [-0.3, -0.25) is 9.88 Å². The van der Waals surface area contributed by atoms with Crippen LogP contribution in [0.2, 0.25) is 0 Å². The van der Waals surface area contributed by atoms with Gasteiger partial charge in [-0.2, -0.15) is 5.26 Å². The highest BCUT2D eigenvalue weighted by molar-refractivity contribution is 7.22. The van der Waals surface area contributed by atoms with Gasteiger partial charge < -0.3 is 19.9 Å². The molecule has 1 aromatic carbocycles. The standard InChI is InChI=1S/C30H31N9OS/c1-21-33-6-8-39(21)20-22-14-28(34-5-2-7-38-9-11-40-12-10-38)36-29(15-22)37-30-35-26-4-3-24(16-27(26)41-30)25-13-23(17-31)18-32-19-25/h3-4,6,8,13-16,18-19H,2,5,7,9-12,20H2,1H3,(H2,34,35,36,37). The molecule has 1 aliphatic heterocycles. The Morgan fingerprint density at radius 2 is 1.93 bits per heavy atom. The minimum absolute atomic E-state index is 0.539. The minimum Gasteiger partial charge on any atom is -0.379 e. The average Bonchev–Trinajstić information content (AvgIpc) is 3.60. The second-order valence-electron chi connectivity index (χ2n) is 9.98. The number of hydrogen-bond acceptors (Lipinski definition) is 10. The topological polar surface area (TPSA) is 117 Å². The largest absolute Gasteiger partial charge is 0.379 e. The molecule has 0 bridgehead atoms. The molecule has 5 aromatic rings. The number of ether oxygens (including phenoxy) is 1. The number of nitrogens with one attached hydrogen (secondary N) is 2. The summed E-state index contributed by atoms with van der Waals surface area (Å²) in [6, 6.07) is 14.3. The van der Waals surface area contributed by atoms with Crippen molar-refractivity contribution in [1.82, 2.24) is 29.4 Å². The fraction of sp³-hybridized carbons (Fsp3) is 0.300. The van der Waals surface area contributed by atoms with Crippen LogP contribution >= 0.6 is 11.3 Å². The van der Waals surface area contributed by atoms with Crippen LogP contribution in [0, 0.1) is 18.3 Å². The predicted molar refractivity (Wildman–Crippen MR) is 162 cm³/mol. The summed E-state index contributed by atoms with van der Waals surface area (Å²) in [5.74, 6) is 2.54. The third-order valence-electron chi connectivity index (χ3n) is 7.05. The maximum atomic E-state index is 9.24. The SMILES string of the molecule is Cc1nccn1Cc1cc(NCCCN2CCOCC2)nc(Nc2nc3ccc(-c4cncc(C#N)c4)cc3s2)c1. The van der Waals surface area contributed by atoms with Crippen molar-refractivity contribution in [3.8, 4) is 17.2 Å².